The van der Waals surface area contributed by atoms with Crippen LogP contribution in [-0.2, 0) is 12.3 Å². The second kappa shape index (κ2) is 3.54. The van der Waals surface area contributed by atoms with Crippen molar-refractivity contribution in [3.63, 3.8) is 0 Å². The van der Waals surface area contributed by atoms with Crippen molar-refractivity contribution in [3.05, 3.63) is 30.1 Å². The van der Waals surface area contributed by atoms with E-state index in [0.29, 0.717) is 6.54 Å². The van der Waals surface area contributed by atoms with Crippen LogP contribution < -0.4 is 0 Å². The van der Waals surface area contributed by atoms with Crippen LogP contribution in [0.2, 0.25) is 0 Å². The number of para-hydroxylation sites is 2. The molecule has 1 N–H and O–H groups in total. The first-order valence-electron chi connectivity index (χ1n) is 5.04. The van der Waals surface area contributed by atoms with E-state index >= 15 is 0 Å². The predicted molar refractivity (Wildman–Crippen MR) is 61.9 cm³/mol. The van der Waals surface area contributed by atoms with Crippen molar-refractivity contribution in [2.45, 2.75) is 18.4 Å². The highest BCUT2D eigenvalue weighted by Crippen LogP contribution is 2.23. The largest absolute Gasteiger partial charge is 0.390 e. The molecule has 1 atom stereocenters. The molecule has 15 heavy (non-hydrogen) atoms. The van der Waals surface area contributed by atoms with E-state index in [4.69, 9.17) is 0 Å². The van der Waals surface area contributed by atoms with Crippen molar-refractivity contribution in [1.82, 2.24) is 9.55 Å². The van der Waals surface area contributed by atoms with Gasteiger partial charge in [0.05, 0.1) is 29.4 Å². The summed E-state index contributed by atoms with van der Waals surface area (Å²) in [5.41, 5.74) is 2.16. The summed E-state index contributed by atoms with van der Waals surface area (Å²) in [5, 5.41) is 9.74. The SMILES string of the molecule is O[C@H]1CSCc2nc3ccccc3n2C1. The molecule has 1 aromatic heterocycles. The number of imidazole rings is 1. The Balaban J connectivity index is 2.20. The van der Waals surface area contributed by atoms with Crippen molar-refractivity contribution in [2.24, 2.45) is 0 Å². The Morgan fingerprint density at radius 1 is 1.40 bits per heavy atom. The molecule has 0 saturated carbocycles. The first-order valence-corrected chi connectivity index (χ1v) is 6.20. The van der Waals surface area contributed by atoms with Crippen molar-refractivity contribution >= 4 is 22.8 Å². The number of aromatic nitrogens is 2. The van der Waals surface area contributed by atoms with Crippen LogP contribution in [-0.4, -0.2) is 26.5 Å². The average molecular weight is 220 g/mol. The van der Waals surface area contributed by atoms with Crippen LogP contribution in [0.25, 0.3) is 11.0 Å². The van der Waals surface area contributed by atoms with Gasteiger partial charge in [0.1, 0.15) is 5.82 Å². The maximum atomic E-state index is 9.74. The van der Waals surface area contributed by atoms with Crippen molar-refractivity contribution in [2.75, 3.05) is 5.75 Å². The third kappa shape index (κ3) is 1.54. The van der Waals surface area contributed by atoms with E-state index in [9.17, 15) is 5.11 Å². The predicted octanol–water partition coefficient (Wildman–Crippen LogP) is 1.64. The zero-order valence-corrected chi connectivity index (χ0v) is 9.07. The van der Waals surface area contributed by atoms with Gasteiger partial charge in [-0.2, -0.15) is 11.8 Å². The summed E-state index contributed by atoms with van der Waals surface area (Å²) in [6.07, 6.45) is -0.256. The standard InChI is InChI=1S/C11H12N2OS/c14-8-5-13-10-4-2-1-3-9(10)12-11(13)7-15-6-8/h1-4,8,14H,5-7H2/t8-/m1/s1. The van der Waals surface area contributed by atoms with E-state index in [-0.39, 0.29) is 6.10 Å². The molecule has 2 heterocycles. The minimum atomic E-state index is -0.256. The van der Waals surface area contributed by atoms with E-state index in [0.717, 1.165) is 28.4 Å². The summed E-state index contributed by atoms with van der Waals surface area (Å²) >= 11 is 1.75. The minimum Gasteiger partial charge on any atom is -0.390 e. The lowest BCUT2D eigenvalue weighted by Gasteiger charge is -2.08. The number of fused-ring (bicyclic) bond motifs is 3. The van der Waals surface area contributed by atoms with Crippen molar-refractivity contribution < 1.29 is 5.11 Å². The molecule has 0 radical (unpaired) electrons. The van der Waals surface area contributed by atoms with E-state index in [1.54, 1.807) is 11.8 Å². The monoisotopic (exact) mass is 220 g/mol. The normalized spacial score (nSPS) is 21.3. The second-order valence-corrected chi connectivity index (χ2v) is 4.83. The molecule has 0 aliphatic carbocycles. The van der Waals surface area contributed by atoms with Crippen LogP contribution in [0.1, 0.15) is 5.82 Å². The molecule has 0 amide bonds. The Kier molecular flexibility index (Phi) is 2.18. The Labute approximate surface area is 92.1 Å². The van der Waals surface area contributed by atoms with Gasteiger partial charge in [0.2, 0.25) is 0 Å². The van der Waals surface area contributed by atoms with E-state index < -0.39 is 0 Å². The molecule has 1 aliphatic heterocycles. The Morgan fingerprint density at radius 2 is 2.27 bits per heavy atom. The maximum Gasteiger partial charge on any atom is 0.119 e. The summed E-state index contributed by atoms with van der Waals surface area (Å²) < 4.78 is 2.14. The third-order valence-corrected chi connectivity index (χ3v) is 3.75. The molecule has 1 aromatic carbocycles. The van der Waals surface area contributed by atoms with Crippen molar-refractivity contribution in [1.29, 1.82) is 0 Å². The number of thioether (sulfide) groups is 1. The van der Waals surface area contributed by atoms with Gasteiger partial charge in [-0.25, -0.2) is 4.98 Å². The molecule has 0 unspecified atom stereocenters. The zero-order valence-electron chi connectivity index (χ0n) is 8.26. The lowest BCUT2D eigenvalue weighted by Crippen LogP contribution is -2.16. The van der Waals surface area contributed by atoms with Crippen molar-refractivity contribution in [3.8, 4) is 0 Å². The van der Waals surface area contributed by atoms with Gasteiger partial charge in [-0.05, 0) is 12.1 Å². The molecule has 78 valence electrons. The number of nitrogens with zero attached hydrogens (tertiary/aromatic N) is 2. The van der Waals surface area contributed by atoms with Crippen LogP contribution in [0.3, 0.4) is 0 Å². The number of rotatable bonds is 0. The summed E-state index contributed by atoms with van der Waals surface area (Å²) in [6.45, 7) is 0.669. The number of aliphatic hydroxyl groups is 1. The molecular weight excluding hydrogens is 208 g/mol. The molecular formula is C11H12N2OS. The summed E-state index contributed by atoms with van der Waals surface area (Å²) in [4.78, 5) is 4.58. The highest BCUT2D eigenvalue weighted by atomic mass is 32.2. The first kappa shape index (κ1) is 9.24. The van der Waals surface area contributed by atoms with Gasteiger partial charge in [-0.1, -0.05) is 12.1 Å². The van der Waals surface area contributed by atoms with Gasteiger partial charge in [0.25, 0.3) is 0 Å². The Hall–Kier alpha value is -1.00. The fourth-order valence-electron chi connectivity index (χ4n) is 1.99. The topological polar surface area (TPSA) is 38.1 Å². The second-order valence-electron chi connectivity index (χ2n) is 3.80. The van der Waals surface area contributed by atoms with Gasteiger partial charge in [0.15, 0.2) is 0 Å². The molecule has 3 nitrogen and oxygen atoms in total. The Morgan fingerprint density at radius 3 is 3.20 bits per heavy atom. The lowest BCUT2D eigenvalue weighted by molar-refractivity contribution is 0.180. The molecule has 0 bridgehead atoms. The minimum absolute atomic E-state index is 0.256. The molecule has 3 rings (SSSR count). The maximum absolute atomic E-state index is 9.74. The van der Waals surface area contributed by atoms with Crippen LogP contribution in [0.15, 0.2) is 24.3 Å². The number of hydrogen-bond donors (Lipinski definition) is 1. The zero-order chi connectivity index (χ0) is 10.3. The third-order valence-electron chi connectivity index (χ3n) is 2.67. The number of aliphatic hydroxyl groups excluding tert-OH is 1. The van der Waals surface area contributed by atoms with Gasteiger partial charge < -0.3 is 9.67 Å². The van der Waals surface area contributed by atoms with E-state index in [1.165, 1.54) is 0 Å². The molecule has 4 heteroatoms. The van der Waals surface area contributed by atoms with Crippen LogP contribution in [0.5, 0.6) is 0 Å². The molecule has 2 aromatic rings. The quantitative estimate of drug-likeness (QED) is 0.733. The van der Waals surface area contributed by atoms with Crippen LogP contribution in [0.4, 0.5) is 0 Å². The van der Waals surface area contributed by atoms with Gasteiger partial charge >= 0.3 is 0 Å². The van der Waals surface area contributed by atoms with E-state index in [1.807, 2.05) is 18.2 Å². The highest BCUT2D eigenvalue weighted by molar-refractivity contribution is 7.98. The summed E-state index contributed by atoms with van der Waals surface area (Å²) in [5.74, 6) is 2.78. The molecule has 0 saturated heterocycles. The van der Waals surface area contributed by atoms with Gasteiger partial charge in [-0.15, -0.1) is 0 Å². The fourth-order valence-corrected chi connectivity index (χ4v) is 2.89. The highest BCUT2D eigenvalue weighted by Gasteiger charge is 2.17. The fraction of sp³-hybridized carbons (Fsp3) is 0.364. The summed E-state index contributed by atoms with van der Waals surface area (Å²) in [6, 6.07) is 8.10. The average Bonchev–Trinajstić information content (AvgIpc) is 2.47. The smallest absolute Gasteiger partial charge is 0.119 e. The molecule has 1 aliphatic rings. The molecule has 0 spiro atoms. The van der Waals surface area contributed by atoms with Gasteiger partial charge in [0, 0.05) is 5.75 Å². The summed E-state index contributed by atoms with van der Waals surface area (Å²) in [7, 11) is 0. The number of benzene rings is 1. The first-order chi connectivity index (χ1) is 7.34. The van der Waals surface area contributed by atoms with Gasteiger partial charge in [-0.3, -0.25) is 0 Å². The van der Waals surface area contributed by atoms with Crippen LogP contribution in [0, 0.1) is 0 Å². The van der Waals surface area contributed by atoms with Crippen LogP contribution >= 0.6 is 11.8 Å². The van der Waals surface area contributed by atoms with E-state index in [2.05, 4.69) is 15.6 Å². The number of hydrogen-bond acceptors (Lipinski definition) is 3. The Bertz CT molecular complexity index is 494. The lowest BCUT2D eigenvalue weighted by atomic mass is 10.3. The molecule has 0 fully saturated rings.